The van der Waals surface area contributed by atoms with E-state index in [4.69, 9.17) is 9.47 Å². The molecule has 4 N–H and O–H groups in total. The molecule has 0 aliphatic rings. The van der Waals surface area contributed by atoms with Crippen molar-refractivity contribution < 1.29 is 32.5 Å². The molecule has 0 bridgehead atoms. The number of rotatable bonds is 9. The number of amides is 1. The summed E-state index contributed by atoms with van der Waals surface area (Å²) >= 11 is 0. The molecular formula is C21H20F3N5O4. The lowest BCUT2D eigenvalue weighted by Gasteiger charge is -2.15. The van der Waals surface area contributed by atoms with Crippen LogP contribution < -0.4 is 20.7 Å². The number of aromatic nitrogens is 2. The van der Waals surface area contributed by atoms with Crippen LogP contribution in [0.4, 0.5) is 36.3 Å². The molecule has 1 amide bonds. The monoisotopic (exact) mass is 463 g/mol. The number of aromatic hydroxyl groups is 1. The van der Waals surface area contributed by atoms with E-state index in [0.29, 0.717) is 17.6 Å². The minimum absolute atomic E-state index is 0.0985. The first-order valence-electron chi connectivity index (χ1n) is 9.53. The minimum Gasteiger partial charge on any atom is -0.508 e. The summed E-state index contributed by atoms with van der Waals surface area (Å²) in [5, 5.41) is 17.3. The van der Waals surface area contributed by atoms with Gasteiger partial charge in [-0.1, -0.05) is 12.1 Å². The zero-order valence-electron chi connectivity index (χ0n) is 17.3. The Hall–Kier alpha value is -4.06. The average Bonchev–Trinajstić information content (AvgIpc) is 2.76. The van der Waals surface area contributed by atoms with Crippen LogP contribution in [0.2, 0.25) is 0 Å². The molecule has 0 spiro atoms. The van der Waals surface area contributed by atoms with Crippen molar-refractivity contribution in [3.63, 3.8) is 0 Å². The number of phenols is 1. The fourth-order valence-electron chi connectivity index (χ4n) is 2.57. The van der Waals surface area contributed by atoms with E-state index in [1.807, 2.05) is 0 Å². The van der Waals surface area contributed by atoms with E-state index < -0.39 is 17.6 Å². The van der Waals surface area contributed by atoms with E-state index in [-0.39, 0.29) is 36.7 Å². The number of anilines is 4. The SMILES string of the molecule is CNC(=O)COCOc1cccc(Nc2ncc(C(F)(F)F)c(Nc3cccc(O)c3)n2)c1. The largest absolute Gasteiger partial charge is 0.508 e. The van der Waals surface area contributed by atoms with Crippen molar-refractivity contribution in [1.29, 1.82) is 0 Å². The number of halogens is 3. The van der Waals surface area contributed by atoms with Crippen molar-refractivity contribution in [2.45, 2.75) is 6.18 Å². The quantitative estimate of drug-likeness (QED) is 0.280. The Kier molecular flexibility index (Phi) is 7.51. The van der Waals surface area contributed by atoms with Gasteiger partial charge in [0.15, 0.2) is 6.79 Å². The van der Waals surface area contributed by atoms with E-state index in [1.54, 1.807) is 24.3 Å². The van der Waals surface area contributed by atoms with Crippen LogP contribution in [-0.2, 0) is 15.7 Å². The predicted octanol–water partition coefficient (Wildman–Crippen LogP) is 3.79. The summed E-state index contributed by atoms with van der Waals surface area (Å²) in [4.78, 5) is 18.8. The van der Waals surface area contributed by atoms with Crippen LogP contribution in [0.5, 0.6) is 11.5 Å². The third-order valence-electron chi connectivity index (χ3n) is 4.11. The molecule has 33 heavy (non-hydrogen) atoms. The lowest BCUT2D eigenvalue weighted by atomic mass is 10.2. The van der Waals surface area contributed by atoms with Gasteiger partial charge in [-0.15, -0.1) is 0 Å². The first-order chi connectivity index (χ1) is 15.7. The number of hydrogen-bond donors (Lipinski definition) is 4. The van der Waals surface area contributed by atoms with Gasteiger partial charge in [-0.05, 0) is 24.3 Å². The zero-order valence-corrected chi connectivity index (χ0v) is 17.3. The highest BCUT2D eigenvalue weighted by Gasteiger charge is 2.35. The maximum absolute atomic E-state index is 13.4. The van der Waals surface area contributed by atoms with E-state index in [0.717, 1.165) is 0 Å². The third-order valence-corrected chi connectivity index (χ3v) is 4.11. The molecule has 0 saturated heterocycles. The van der Waals surface area contributed by atoms with E-state index in [1.165, 1.54) is 31.3 Å². The summed E-state index contributed by atoms with van der Waals surface area (Å²) in [7, 11) is 1.48. The van der Waals surface area contributed by atoms with Crippen LogP contribution in [0.25, 0.3) is 0 Å². The highest BCUT2D eigenvalue weighted by molar-refractivity contribution is 5.76. The van der Waals surface area contributed by atoms with Gasteiger partial charge in [-0.25, -0.2) is 4.98 Å². The zero-order chi connectivity index (χ0) is 23.8. The molecule has 0 unspecified atom stereocenters. The number of nitrogens with zero attached hydrogens (tertiary/aromatic N) is 2. The first-order valence-corrected chi connectivity index (χ1v) is 9.53. The number of hydrogen-bond acceptors (Lipinski definition) is 8. The standard InChI is InChI=1S/C21H20F3N5O4/c1-25-18(31)11-32-12-33-16-7-3-5-14(9-16)28-20-26-10-17(21(22,23)24)19(29-20)27-13-4-2-6-15(30)8-13/h2-10,30H,11-12H2,1H3,(H,25,31)(H2,26,27,28,29). The van der Waals surface area contributed by atoms with Gasteiger partial charge in [0.05, 0.1) is 0 Å². The third kappa shape index (κ3) is 6.97. The van der Waals surface area contributed by atoms with Crippen LogP contribution in [0.3, 0.4) is 0 Å². The molecule has 0 atom stereocenters. The molecule has 2 aromatic carbocycles. The highest BCUT2D eigenvalue weighted by atomic mass is 19.4. The molecule has 0 aliphatic heterocycles. The number of phenolic OH excluding ortho intramolecular Hbond substituents is 1. The van der Waals surface area contributed by atoms with Gasteiger partial charge in [0.25, 0.3) is 0 Å². The summed E-state index contributed by atoms with van der Waals surface area (Å²) in [5.74, 6) is -0.609. The smallest absolute Gasteiger partial charge is 0.421 e. The summed E-state index contributed by atoms with van der Waals surface area (Å²) in [5.41, 5.74) is -0.402. The lowest BCUT2D eigenvalue weighted by Crippen LogP contribution is -2.24. The lowest BCUT2D eigenvalue weighted by molar-refractivity contribution is -0.137. The van der Waals surface area contributed by atoms with Crippen LogP contribution in [0, 0.1) is 0 Å². The number of ether oxygens (including phenoxy) is 2. The Morgan fingerprint density at radius 2 is 1.82 bits per heavy atom. The molecule has 9 nitrogen and oxygen atoms in total. The fourth-order valence-corrected chi connectivity index (χ4v) is 2.57. The average molecular weight is 463 g/mol. The van der Waals surface area contributed by atoms with E-state index in [2.05, 4.69) is 25.9 Å². The Morgan fingerprint density at radius 1 is 1.09 bits per heavy atom. The number of carbonyl (C=O) groups excluding carboxylic acids is 1. The topological polar surface area (TPSA) is 118 Å². The normalized spacial score (nSPS) is 11.0. The summed E-state index contributed by atoms with van der Waals surface area (Å²) in [6.07, 6.45) is -4.03. The van der Waals surface area contributed by atoms with Crippen molar-refractivity contribution >= 4 is 29.0 Å². The molecule has 0 radical (unpaired) electrons. The Balaban J connectivity index is 1.75. The molecule has 0 fully saturated rings. The first kappa shape index (κ1) is 23.6. The second kappa shape index (κ2) is 10.5. The van der Waals surface area contributed by atoms with E-state index >= 15 is 0 Å². The second-order valence-corrected chi connectivity index (χ2v) is 6.57. The number of carbonyl (C=O) groups is 1. The molecule has 3 rings (SSSR count). The molecule has 0 saturated carbocycles. The summed E-state index contributed by atoms with van der Waals surface area (Å²) < 4.78 is 50.7. The van der Waals surface area contributed by atoms with Crippen LogP contribution in [-0.4, -0.2) is 41.4 Å². The Labute approximate surface area is 186 Å². The number of likely N-dealkylation sites (N-methyl/N-ethyl adjacent to an activating group) is 1. The van der Waals surface area contributed by atoms with Gasteiger partial charge >= 0.3 is 6.18 Å². The van der Waals surface area contributed by atoms with Crippen molar-refractivity contribution in [1.82, 2.24) is 15.3 Å². The van der Waals surface area contributed by atoms with Crippen molar-refractivity contribution in [2.24, 2.45) is 0 Å². The molecule has 174 valence electrons. The predicted molar refractivity (Wildman–Crippen MR) is 114 cm³/mol. The second-order valence-electron chi connectivity index (χ2n) is 6.57. The summed E-state index contributed by atoms with van der Waals surface area (Å²) in [6, 6.07) is 12.1. The number of alkyl halides is 3. The van der Waals surface area contributed by atoms with Crippen molar-refractivity contribution in [3.8, 4) is 11.5 Å². The van der Waals surface area contributed by atoms with Crippen molar-refractivity contribution in [2.75, 3.05) is 31.1 Å². The van der Waals surface area contributed by atoms with Gasteiger partial charge in [0.1, 0.15) is 29.5 Å². The van der Waals surface area contributed by atoms with Crippen molar-refractivity contribution in [3.05, 3.63) is 60.3 Å². The molecule has 1 heterocycles. The van der Waals surface area contributed by atoms with Gasteiger partial charge in [-0.3, -0.25) is 4.79 Å². The Morgan fingerprint density at radius 3 is 2.52 bits per heavy atom. The molecule has 0 aliphatic carbocycles. The molecular weight excluding hydrogens is 443 g/mol. The van der Waals surface area contributed by atoms with Gasteiger partial charge in [0, 0.05) is 36.8 Å². The van der Waals surface area contributed by atoms with Crippen LogP contribution in [0.15, 0.2) is 54.7 Å². The maximum atomic E-state index is 13.4. The molecule has 1 aromatic heterocycles. The summed E-state index contributed by atoms with van der Waals surface area (Å²) in [6.45, 7) is -0.339. The highest BCUT2D eigenvalue weighted by Crippen LogP contribution is 2.35. The van der Waals surface area contributed by atoms with Gasteiger partial charge in [-0.2, -0.15) is 18.2 Å². The number of nitrogens with one attached hydrogen (secondary N) is 3. The molecule has 3 aromatic rings. The minimum atomic E-state index is -4.69. The maximum Gasteiger partial charge on any atom is 0.421 e. The number of benzene rings is 2. The fraction of sp³-hybridized carbons (Fsp3) is 0.190. The van der Waals surface area contributed by atoms with Gasteiger partial charge in [0.2, 0.25) is 11.9 Å². The van der Waals surface area contributed by atoms with Crippen LogP contribution in [0.1, 0.15) is 5.56 Å². The van der Waals surface area contributed by atoms with Gasteiger partial charge < -0.3 is 30.5 Å². The van der Waals surface area contributed by atoms with Crippen LogP contribution >= 0.6 is 0 Å². The van der Waals surface area contributed by atoms with E-state index in [9.17, 15) is 23.1 Å². The Bertz CT molecular complexity index is 1110. The molecule has 12 heteroatoms.